The zero-order valence-electron chi connectivity index (χ0n) is 17.1. The Bertz CT molecular complexity index is 1160. The lowest BCUT2D eigenvalue weighted by molar-refractivity contribution is 0.285. The predicted molar refractivity (Wildman–Crippen MR) is 110 cm³/mol. The molecular weight excluding hydrogens is 396 g/mol. The first kappa shape index (κ1) is 19.0. The molecule has 4 heterocycles. The van der Waals surface area contributed by atoms with Gasteiger partial charge in [-0.15, -0.1) is 10.2 Å². The standard InChI is InChI=1S/C21H20N8O2/c1-12-22-10-17(13-3-5-19(23-8-13)20-26-28-29-27-20)21(25-12)31-11-14-7-16(14)18-6-4-15(30-2)9-24-18/h3-6,8-10,14,16H,7,11H2,1-2H3,(H,26,27,28,29)/t14-,16+/m0/s1. The zero-order chi connectivity index (χ0) is 21.2. The maximum absolute atomic E-state index is 6.12. The van der Waals surface area contributed by atoms with E-state index in [1.807, 2.05) is 31.2 Å². The minimum Gasteiger partial charge on any atom is -0.495 e. The van der Waals surface area contributed by atoms with Crippen molar-refractivity contribution >= 4 is 0 Å². The highest BCUT2D eigenvalue weighted by Crippen LogP contribution is 2.47. The number of aromatic amines is 1. The average Bonchev–Trinajstić information content (AvgIpc) is 3.38. The highest BCUT2D eigenvalue weighted by atomic mass is 16.5. The second-order valence-electron chi connectivity index (χ2n) is 7.34. The average molecular weight is 416 g/mol. The first-order chi connectivity index (χ1) is 15.2. The van der Waals surface area contributed by atoms with E-state index >= 15 is 0 Å². The van der Waals surface area contributed by atoms with Crippen LogP contribution in [0.3, 0.4) is 0 Å². The third kappa shape index (κ3) is 4.04. The molecule has 4 aromatic heterocycles. The van der Waals surface area contributed by atoms with Crippen LogP contribution >= 0.6 is 0 Å². The Morgan fingerprint density at radius 3 is 2.71 bits per heavy atom. The summed E-state index contributed by atoms with van der Waals surface area (Å²) in [6, 6.07) is 7.70. The normalized spacial score (nSPS) is 17.4. The highest BCUT2D eigenvalue weighted by Gasteiger charge is 2.40. The van der Waals surface area contributed by atoms with Gasteiger partial charge in [0.15, 0.2) is 0 Å². The third-order valence-electron chi connectivity index (χ3n) is 5.25. The molecule has 1 aliphatic carbocycles. The topological polar surface area (TPSA) is 124 Å². The van der Waals surface area contributed by atoms with Gasteiger partial charge in [-0.25, -0.2) is 4.98 Å². The van der Waals surface area contributed by atoms with Crippen molar-refractivity contribution in [1.82, 2.24) is 40.6 Å². The molecule has 10 nitrogen and oxygen atoms in total. The Hall–Kier alpha value is -3.95. The van der Waals surface area contributed by atoms with E-state index in [0.717, 1.165) is 29.0 Å². The largest absolute Gasteiger partial charge is 0.495 e. The number of rotatable bonds is 7. The fourth-order valence-corrected chi connectivity index (χ4v) is 3.42. The van der Waals surface area contributed by atoms with Crippen LogP contribution in [0.25, 0.3) is 22.6 Å². The van der Waals surface area contributed by atoms with Gasteiger partial charge in [0.25, 0.3) is 0 Å². The smallest absolute Gasteiger partial charge is 0.224 e. The minimum absolute atomic E-state index is 0.396. The van der Waals surface area contributed by atoms with Crippen LogP contribution in [0.1, 0.15) is 23.9 Å². The molecule has 1 saturated carbocycles. The summed E-state index contributed by atoms with van der Waals surface area (Å²) in [5.41, 5.74) is 3.33. The summed E-state index contributed by atoms with van der Waals surface area (Å²) in [4.78, 5) is 17.8. The SMILES string of the molecule is COc1ccc([C@@H]2C[C@H]2COc2nc(C)ncc2-c2ccc(-c3nn[nH]n3)nc2)nc1. The number of hydrogen-bond acceptors (Lipinski definition) is 9. The first-order valence-corrected chi connectivity index (χ1v) is 9.88. The predicted octanol–water partition coefficient (Wildman–Crippen LogP) is 2.61. The molecule has 10 heteroatoms. The van der Waals surface area contributed by atoms with Crippen LogP contribution in [-0.2, 0) is 0 Å². The van der Waals surface area contributed by atoms with Crippen molar-refractivity contribution in [3.8, 4) is 34.3 Å². The van der Waals surface area contributed by atoms with E-state index in [1.165, 1.54) is 0 Å². The van der Waals surface area contributed by atoms with Crippen molar-refractivity contribution in [3.05, 3.63) is 54.4 Å². The molecule has 0 saturated heterocycles. The molecule has 1 aliphatic rings. The van der Waals surface area contributed by atoms with E-state index in [4.69, 9.17) is 9.47 Å². The van der Waals surface area contributed by atoms with Crippen molar-refractivity contribution in [1.29, 1.82) is 0 Å². The maximum atomic E-state index is 6.12. The van der Waals surface area contributed by atoms with Crippen molar-refractivity contribution in [2.24, 2.45) is 5.92 Å². The lowest BCUT2D eigenvalue weighted by atomic mass is 10.1. The quantitative estimate of drug-likeness (QED) is 0.484. The summed E-state index contributed by atoms with van der Waals surface area (Å²) in [6.07, 6.45) is 6.29. The van der Waals surface area contributed by atoms with Crippen LogP contribution < -0.4 is 9.47 Å². The van der Waals surface area contributed by atoms with Gasteiger partial charge in [-0.3, -0.25) is 9.97 Å². The van der Waals surface area contributed by atoms with Gasteiger partial charge >= 0.3 is 0 Å². The molecule has 0 aromatic carbocycles. The molecule has 5 rings (SSSR count). The number of aryl methyl sites for hydroxylation is 1. The zero-order valence-corrected chi connectivity index (χ0v) is 17.1. The number of hydrogen-bond donors (Lipinski definition) is 1. The molecule has 156 valence electrons. The molecule has 1 fully saturated rings. The van der Waals surface area contributed by atoms with Crippen LogP contribution in [0.15, 0.2) is 42.9 Å². The fraction of sp³-hybridized carbons (Fsp3) is 0.286. The Morgan fingerprint density at radius 1 is 1.06 bits per heavy atom. The monoisotopic (exact) mass is 416 g/mol. The van der Waals surface area contributed by atoms with Crippen molar-refractivity contribution in [3.63, 3.8) is 0 Å². The summed E-state index contributed by atoms with van der Waals surface area (Å²) < 4.78 is 11.3. The summed E-state index contributed by atoms with van der Waals surface area (Å²) in [6.45, 7) is 2.41. The van der Waals surface area contributed by atoms with Crippen LogP contribution in [0.5, 0.6) is 11.6 Å². The first-order valence-electron chi connectivity index (χ1n) is 9.88. The van der Waals surface area contributed by atoms with E-state index in [1.54, 1.807) is 25.7 Å². The van der Waals surface area contributed by atoms with E-state index < -0.39 is 0 Å². The van der Waals surface area contributed by atoms with Crippen LogP contribution in [0.4, 0.5) is 0 Å². The molecule has 0 bridgehead atoms. The molecule has 0 spiro atoms. The maximum Gasteiger partial charge on any atom is 0.224 e. The van der Waals surface area contributed by atoms with E-state index in [0.29, 0.717) is 41.7 Å². The second-order valence-corrected chi connectivity index (χ2v) is 7.34. The van der Waals surface area contributed by atoms with Gasteiger partial charge in [0.1, 0.15) is 17.3 Å². The number of nitrogens with zero attached hydrogens (tertiary/aromatic N) is 7. The molecule has 31 heavy (non-hydrogen) atoms. The number of pyridine rings is 2. The summed E-state index contributed by atoms with van der Waals surface area (Å²) in [5, 5.41) is 13.9. The van der Waals surface area contributed by atoms with Crippen molar-refractivity contribution < 1.29 is 9.47 Å². The molecule has 0 radical (unpaired) electrons. The summed E-state index contributed by atoms with van der Waals surface area (Å²) in [5.74, 6) is 3.21. The van der Waals surface area contributed by atoms with E-state index in [2.05, 4.69) is 40.6 Å². The minimum atomic E-state index is 0.396. The Kier molecular flexibility index (Phi) is 4.95. The number of ether oxygens (including phenoxy) is 2. The molecular formula is C21H20N8O2. The second kappa shape index (κ2) is 8.05. The van der Waals surface area contributed by atoms with Gasteiger partial charge in [-0.1, -0.05) is 6.07 Å². The lowest BCUT2D eigenvalue weighted by Gasteiger charge is -2.11. The molecule has 4 aromatic rings. The van der Waals surface area contributed by atoms with Gasteiger partial charge in [-0.2, -0.15) is 10.2 Å². The van der Waals surface area contributed by atoms with Gasteiger partial charge < -0.3 is 9.47 Å². The van der Waals surface area contributed by atoms with Crippen molar-refractivity contribution in [2.75, 3.05) is 13.7 Å². The molecule has 0 aliphatic heterocycles. The van der Waals surface area contributed by atoms with Crippen LogP contribution in [0, 0.1) is 12.8 Å². The molecule has 0 amide bonds. The van der Waals surface area contributed by atoms with Crippen molar-refractivity contribution in [2.45, 2.75) is 19.3 Å². The number of tetrazole rings is 1. The Balaban J connectivity index is 1.29. The summed E-state index contributed by atoms with van der Waals surface area (Å²) >= 11 is 0. The molecule has 0 unspecified atom stereocenters. The van der Waals surface area contributed by atoms with Gasteiger partial charge in [0.2, 0.25) is 11.7 Å². The Labute approximate surface area is 178 Å². The number of methoxy groups -OCH3 is 1. The third-order valence-corrected chi connectivity index (χ3v) is 5.25. The highest BCUT2D eigenvalue weighted by molar-refractivity contribution is 5.68. The number of H-pyrrole nitrogens is 1. The van der Waals surface area contributed by atoms with Crippen LogP contribution in [0.2, 0.25) is 0 Å². The Morgan fingerprint density at radius 2 is 2.00 bits per heavy atom. The molecule has 2 atom stereocenters. The van der Waals surface area contributed by atoms with E-state index in [-0.39, 0.29) is 0 Å². The number of aromatic nitrogens is 8. The molecule has 1 N–H and O–H groups in total. The summed E-state index contributed by atoms with van der Waals surface area (Å²) in [7, 11) is 1.64. The van der Waals surface area contributed by atoms with Gasteiger partial charge in [-0.05, 0) is 36.8 Å². The van der Waals surface area contributed by atoms with Gasteiger partial charge in [0, 0.05) is 35.5 Å². The van der Waals surface area contributed by atoms with Gasteiger partial charge in [0.05, 0.1) is 25.5 Å². The fourth-order valence-electron chi connectivity index (χ4n) is 3.42. The lowest BCUT2D eigenvalue weighted by Crippen LogP contribution is -2.05. The number of nitrogens with one attached hydrogen (secondary N) is 1. The van der Waals surface area contributed by atoms with E-state index in [9.17, 15) is 0 Å². The van der Waals surface area contributed by atoms with Crippen LogP contribution in [-0.4, -0.2) is 54.3 Å².